The number of aryl methyl sites for hydroxylation is 1. The van der Waals surface area contributed by atoms with Crippen molar-refractivity contribution >= 4 is 33.2 Å². The number of carbonyl (C=O) groups is 1. The van der Waals surface area contributed by atoms with Gasteiger partial charge in [-0.05, 0) is 36.8 Å². The maximum atomic E-state index is 12.1. The van der Waals surface area contributed by atoms with Crippen molar-refractivity contribution < 1.29 is 13.2 Å². The van der Waals surface area contributed by atoms with Crippen LogP contribution in [-0.2, 0) is 10.0 Å². The van der Waals surface area contributed by atoms with E-state index in [1.807, 2.05) is 0 Å². The van der Waals surface area contributed by atoms with Gasteiger partial charge in [-0.3, -0.25) is 4.79 Å². The topological polar surface area (TPSA) is 102 Å². The first-order valence-electron chi connectivity index (χ1n) is 5.85. The summed E-state index contributed by atoms with van der Waals surface area (Å²) in [6, 6.07) is 8.87. The molecule has 0 saturated heterocycles. The molecular formula is C13H12ClN3O3S. The summed E-state index contributed by atoms with van der Waals surface area (Å²) in [6.07, 6.45) is 0. The van der Waals surface area contributed by atoms with Crippen molar-refractivity contribution in [3.63, 3.8) is 0 Å². The first kappa shape index (κ1) is 15.4. The van der Waals surface area contributed by atoms with E-state index in [1.54, 1.807) is 25.1 Å². The zero-order valence-corrected chi connectivity index (χ0v) is 12.6. The summed E-state index contributed by atoms with van der Waals surface area (Å²) < 4.78 is 22.7. The molecule has 110 valence electrons. The van der Waals surface area contributed by atoms with E-state index in [9.17, 15) is 13.2 Å². The largest absolute Gasteiger partial charge is 0.320 e. The molecule has 2 rings (SSSR count). The Kier molecular flexibility index (Phi) is 4.26. The molecule has 0 atom stereocenters. The standard InChI is InChI=1S/C13H12ClN3O3S/c1-8-5-6-9(21(15,19)20)7-11(8)17-13(18)10-3-2-4-12(14)16-10/h2-7H,1H3,(H,17,18)(H2,15,19,20). The van der Waals surface area contributed by atoms with E-state index in [0.29, 0.717) is 11.3 Å². The van der Waals surface area contributed by atoms with E-state index in [1.165, 1.54) is 18.2 Å². The number of primary sulfonamides is 1. The highest BCUT2D eigenvalue weighted by atomic mass is 35.5. The van der Waals surface area contributed by atoms with Crippen LogP contribution in [0.3, 0.4) is 0 Å². The highest BCUT2D eigenvalue weighted by Crippen LogP contribution is 2.20. The Morgan fingerprint density at radius 1 is 1.29 bits per heavy atom. The summed E-state index contributed by atoms with van der Waals surface area (Å²) in [5.41, 5.74) is 1.16. The number of benzene rings is 1. The molecule has 1 amide bonds. The first-order valence-corrected chi connectivity index (χ1v) is 7.77. The average molecular weight is 326 g/mol. The van der Waals surface area contributed by atoms with Gasteiger partial charge in [0, 0.05) is 5.69 Å². The number of nitrogens with zero attached hydrogens (tertiary/aromatic N) is 1. The lowest BCUT2D eigenvalue weighted by Crippen LogP contribution is -2.16. The quantitative estimate of drug-likeness (QED) is 0.842. The van der Waals surface area contributed by atoms with E-state index in [4.69, 9.17) is 16.7 Å². The van der Waals surface area contributed by atoms with Crippen LogP contribution < -0.4 is 10.5 Å². The van der Waals surface area contributed by atoms with Crippen LogP contribution in [0.4, 0.5) is 5.69 Å². The van der Waals surface area contributed by atoms with Crippen LogP contribution in [0.5, 0.6) is 0 Å². The van der Waals surface area contributed by atoms with E-state index >= 15 is 0 Å². The Morgan fingerprint density at radius 2 is 2.00 bits per heavy atom. The molecule has 0 unspecified atom stereocenters. The van der Waals surface area contributed by atoms with Gasteiger partial charge in [0.1, 0.15) is 10.8 Å². The Bertz CT molecular complexity index is 806. The minimum Gasteiger partial charge on any atom is -0.320 e. The Labute approximate surface area is 127 Å². The number of halogens is 1. The third kappa shape index (κ3) is 3.78. The molecule has 0 saturated carbocycles. The van der Waals surface area contributed by atoms with Gasteiger partial charge in [-0.1, -0.05) is 23.7 Å². The highest BCUT2D eigenvalue weighted by molar-refractivity contribution is 7.89. The molecule has 6 nitrogen and oxygen atoms in total. The molecule has 0 bridgehead atoms. The number of hydrogen-bond acceptors (Lipinski definition) is 4. The Morgan fingerprint density at radius 3 is 2.62 bits per heavy atom. The van der Waals surface area contributed by atoms with Crippen molar-refractivity contribution in [2.75, 3.05) is 5.32 Å². The highest BCUT2D eigenvalue weighted by Gasteiger charge is 2.13. The van der Waals surface area contributed by atoms with Crippen molar-refractivity contribution in [3.05, 3.63) is 52.8 Å². The second kappa shape index (κ2) is 5.80. The number of nitrogens with two attached hydrogens (primary N) is 1. The number of aromatic nitrogens is 1. The van der Waals surface area contributed by atoms with E-state index in [2.05, 4.69) is 10.3 Å². The lowest BCUT2D eigenvalue weighted by Gasteiger charge is -2.09. The molecule has 1 aromatic carbocycles. The number of sulfonamides is 1. The lowest BCUT2D eigenvalue weighted by molar-refractivity contribution is 0.102. The average Bonchev–Trinajstić information content (AvgIpc) is 2.40. The van der Waals surface area contributed by atoms with Gasteiger partial charge < -0.3 is 5.32 Å². The molecule has 21 heavy (non-hydrogen) atoms. The van der Waals surface area contributed by atoms with E-state index in [0.717, 1.165) is 0 Å². The van der Waals surface area contributed by atoms with Gasteiger partial charge in [0.05, 0.1) is 4.90 Å². The summed E-state index contributed by atoms with van der Waals surface area (Å²) in [6.45, 7) is 1.73. The molecule has 1 heterocycles. The molecule has 0 spiro atoms. The molecule has 8 heteroatoms. The normalized spacial score (nSPS) is 11.2. The predicted molar refractivity (Wildman–Crippen MR) is 79.8 cm³/mol. The van der Waals surface area contributed by atoms with Crippen LogP contribution in [0.2, 0.25) is 5.15 Å². The van der Waals surface area contributed by atoms with Crippen molar-refractivity contribution in [2.24, 2.45) is 5.14 Å². The number of carbonyl (C=O) groups excluding carboxylic acids is 1. The van der Waals surface area contributed by atoms with Crippen LogP contribution in [0.25, 0.3) is 0 Å². The van der Waals surface area contributed by atoms with Gasteiger partial charge in [-0.15, -0.1) is 0 Å². The maximum absolute atomic E-state index is 12.1. The molecule has 0 aliphatic carbocycles. The molecule has 0 fully saturated rings. The molecule has 2 aromatic rings. The van der Waals surface area contributed by atoms with Crippen LogP contribution in [0, 0.1) is 6.92 Å². The van der Waals surface area contributed by atoms with E-state index < -0.39 is 15.9 Å². The Hall–Kier alpha value is -1.96. The molecule has 0 aliphatic rings. The lowest BCUT2D eigenvalue weighted by atomic mass is 10.2. The van der Waals surface area contributed by atoms with Crippen molar-refractivity contribution in [3.8, 4) is 0 Å². The second-order valence-electron chi connectivity index (χ2n) is 4.32. The van der Waals surface area contributed by atoms with Gasteiger partial charge in [0.2, 0.25) is 10.0 Å². The van der Waals surface area contributed by atoms with Gasteiger partial charge in [0.15, 0.2) is 0 Å². The fourth-order valence-corrected chi connectivity index (χ4v) is 2.34. The number of hydrogen-bond donors (Lipinski definition) is 2. The van der Waals surface area contributed by atoms with E-state index in [-0.39, 0.29) is 15.7 Å². The minimum absolute atomic E-state index is 0.0811. The third-order valence-electron chi connectivity index (χ3n) is 2.73. The Balaban J connectivity index is 2.33. The molecule has 3 N–H and O–H groups in total. The monoisotopic (exact) mass is 325 g/mol. The van der Waals surface area contributed by atoms with Crippen LogP contribution in [0.1, 0.15) is 16.1 Å². The number of anilines is 1. The summed E-state index contributed by atoms with van der Waals surface area (Å²) >= 11 is 5.72. The van der Waals surface area contributed by atoms with Crippen LogP contribution in [-0.4, -0.2) is 19.3 Å². The van der Waals surface area contributed by atoms with Crippen LogP contribution in [0.15, 0.2) is 41.3 Å². The van der Waals surface area contributed by atoms with Gasteiger partial charge in [-0.25, -0.2) is 18.5 Å². The summed E-state index contributed by atoms with van der Waals surface area (Å²) in [4.78, 5) is 15.9. The van der Waals surface area contributed by atoms with Crippen molar-refractivity contribution in [2.45, 2.75) is 11.8 Å². The fraction of sp³-hybridized carbons (Fsp3) is 0.0769. The minimum atomic E-state index is -3.84. The smallest absolute Gasteiger partial charge is 0.274 e. The number of pyridine rings is 1. The SMILES string of the molecule is Cc1ccc(S(N)(=O)=O)cc1NC(=O)c1cccc(Cl)n1. The fourth-order valence-electron chi connectivity index (χ4n) is 1.63. The molecule has 1 aromatic heterocycles. The first-order chi connectivity index (χ1) is 9.77. The predicted octanol–water partition coefficient (Wildman–Crippen LogP) is 1.94. The number of nitrogens with one attached hydrogen (secondary N) is 1. The second-order valence-corrected chi connectivity index (χ2v) is 6.27. The zero-order chi connectivity index (χ0) is 15.6. The third-order valence-corrected chi connectivity index (χ3v) is 3.86. The van der Waals surface area contributed by atoms with Crippen LogP contribution >= 0.6 is 11.6 Å². The molecule has 0 aliphatic heterocycles. The maximum Gasteiger partial charge on any atom is 0.274 e. The van der Waals surface area contributed by atoms with Crippen molar-refractivity contribution in [1.29, 1.82) is 0 Å². The van der Waals surface area contributed by atoms with Gasteiger partial charge >= 0.3 is 0 Å². The summed E-state index contributed by atoms with van der Waals surface area (Å²) in [5.74, 6) is -0.493. The summed E-state index contributed by atoms with van der Waals surface area (Å²) in [5, 5.41) is 7.85. The van der Waals surface area contributed by atoms with Gasteiger partial charge in [0.25, 0.3) is 5.91 Å². The molecular weight excluding hydrogens is 314 g/mol. The zero-order valence-electron chi connectivity index (χ0n) is 11.0. The number of amides is 1. The number of rotatable bonds is 3. The molecule has 0 radical (unpaired) electrons. The van der Waals surface area contributed by atoms with Crippen molar-refractivity contribution in [1.82, 2.24) is 4.98 Å². The summed E-state index contributed by atoms with van der Waals surface area (Å²) in [7, 11) is -3.84. The van der Waals surface area contributed by atoms with Gasteiger partial charge in [-0.2, -0.15) is 0 Å².